The molecule has 0 aliphatic carbocycles. The quantitative estimate of drug-likeness (QED) is 0.0194. The number of amides is 8. The Morgan fingerprint density at radius 3 is 1.83 bits per heavy atom. The van der Waals surface area contributed by atoms with Crippen LogP contribution in [-0.2, 0) is 73.3 Å². The van der Waals surface area contributed by atoms with Gasteiger partial charge in [0, 0.05) is 58.4 Å². The van der Waals surface area contributed by atoms with Crippen molar-refractivity contribution in [3.63, 3.8) is 0 Å². The van der Waals surface area contributed by atoms with Gasteiger partial charge in [-0.2, -0.15) is 0 Å². The Kier molecular flexibility index (Phi) is 36.6. The van der Waals surface area contributed by atoms with Crippen LogP contribution in [0.3, 0.4) is 0 Å². The molecule has 2 aromatic carbocycles. The minimum Gasteiger partial charge on any atom is -0.445 e. The van der Waals surface area contributed by atoms with E-state index in [1.54, 1.807) is 94.8 Å². The molecule has 0 saturated carbocycles. The van der Waals surface area contributed by atoms with E-state index in [1.807, 2.05) is 45.9 Å². The van der Waals surface area contributed by atoms with E-state index < -0.39 is 114 Å². The molecule has 1 aliphatic heterocycles. The number of azide groups is 1. The number of hydrogen-bond donors (Lipinski definition) is 6. The summed E-state index contributed by atoms with van der Waals surface area (Å²) < 4.78 is 39.3. The average Bonchev–Trinajstić information content (AvgIpc) is 1.83. The van der Waals surface area contributed by atoms with Gasteiger partial charge in [0.25, 0.3) is 0 Å². The van der Waals surface area contributed by atoms with Crippen LogP contribution < -0.4 is 26.6 Å². The maximum Gasteiger partial charge on any atom is 0.410 e. The number of methoxy groups -OCH3 is 2. The summed E-state index contributed by atoms with van der Waals surface area (Å²) in [7, 11) is 6.12. The molecule has 0 radical (unpaired) electrons. The lowest BCUT2D eigenvalue weighted by Crippen LogP contribution is -2.60. The molecule has 8 amide bonds. The first kappa shape index (κ1) is 80.3. The van der Waals surface area contributed by atoms with E-state index in [1.165, 1.54) is 33.1 Å². The van der Waals surface area contributed by atoms with Crippen molar-refractivity contribution in [2.45, 2.75) is 175 Å². The lowest BCUT2D eigenvalue weighted by molar-refractivity contribution is -0.148. The number of nitrogens with zero attached hydrogens (tertiary/aromatic N) is 6. The summed E-state index contributed by atoms with van der Waals surface area (Å²) in [6.45, 7) is 22.6. The number of rotatable bonds is 43. The van der Waals surface area contributed by atoms with Crippen molar-refractivity contribution in [3.8, 4) is 0 Å². The lowest BCUT2D eigenvalue weighted by atomic mass is 9.89. The van der Waals surface area contributed by atoms with Crippen LogP contribution in [0.25, 0.3) is 10.4 Å². The topological polar surface area (TPSA) is 340 Å². The van der Waals surface area contributed by atoms with Crippen molar-refractivity contribution in [2.24, 2.45) is 34.7 Å². The van der Waals surface area contributed by atoms with Crippen molar-refractivity contribution in [1.29, 1.82) is 0 Å². The molecular weight excluding hydrogens is 1200 g/mol. The van der Waals surface area contributed by atoms with E-state index >= 15 is 0 Å². The molecule has 1 unspecified atom stereocenters. The van der Waals surface area contributed by atoms with Gasteiger partial charge in [-0.1, -0.05) is 116 Å². The van der Waals surface area contributed by atoms with Gasteiger partial charge >= 0.3 is 6.09 Å². The van der Waals surface area contributed by atoms with E-state index in [0.717, 1.165) is 0 Å². The van der Waals surface area contributed by atoms with Crippen LogP contribution in [0.15, 0.2) is 59.7 Å². The van der Waals surface area contributed by atoms with Crippen LogP contribution in [0.2, 0.25) is 0 Å². The van der Waals surface area contributed by atoms with Crippen molar-refractivity contribution in [2.75, 3.05) is 99.6 Å². The first-order valence-corrected chi connectivity index (χ1v) is 32.4. The van der Waals surface area contributed by atoms with Gasteiger partial charge in [-0.05, 0) is 79.2 Å². The Labute approximate surface area is 549 Å². The van der Waals surface area contributed by atoms with Crippen LogP contribution in [0.5, 0.6) is 0 Å². The average molecular weight is 1310 g/mol. The molecule has 12 atom stereocenters. The van der Waals surface area contributed by atoms with Gasteiger partial charge in [-0.25, -0.2) is 4.79 Å². The molecule has 1 saturated heterocycles. The van der Waals surface area contributed by atoms with Crippen molar-refractivity contribution >= 4 is 53.1 Å². The van der Waals surface area contributed by atoms with E-state index in [0.29, 0.717) is 82.3 Å². The largest absolute Gasteiger partial charge is 0.445 e. The van der Waals surface area contributed by atoms with E-state index in [2.05, 4.69) is 36.6 Å². The van der Waals surface area contributed by atoms with E-state index in [4.69, 9.17) is 38.7 Å². The molecule has 1 aliphatic rings. The van der Waals surface area contributed by atoms with Crippen LogP contribution in [-0.4, -0.2) is 216 Å². The molecule has 0 bridgehead atoms. The fourth-order valence-electron chi connectivity index (χ4n) is 11.1. The molecule has 2 aromatic rings. The predicted molar refractivity (Wildman–Crippen MR) is 350 cm³/mol. The highest BCUT2D eigenvalue weighted by Gasteiger charge is 2.44. The molecule has 6 N–H and O–H groups in total. The number of aliphatic hydroxyl groups is 1. The summed E-state index contributed by atoms with van der Waals surface area (Å²) in [5, 5.41) is 28.4. The molecular formula is C66H107N11O16. The zero-order chi connectivity index (χ0) is 69.3. The molecule has 522 valence electrons. The number of aliphatic hydroxyl groups excluding tert-OH is 1. The number of nitrogens with one attached hydrogen (secondary N) is 5. The normalized spacial score (nSPS) is 16.7. The summed E-state index contributed by atoms with van der Waals surface area (Å²) in [6.07, 6.45) is -1.31. The van der Waals surface area contributed by atoms with Gasteiger partial charge in [-0.15, -0.1) is 0 Å². The summed E-state index contributed by atoms with van der Waals surface area (Å²) in [5.41, 5.74) is 9.89. The molecule has 0 spiro atoms. The number of likely N-dealkylation sites (tertiary alicyclic amines) is 1. The summed E-state index contributed by atoms with van der Waals surface area (Å²) in [4.78, 5) is 117. The maximum atomic E-state index is 14.8. The Balaban J connectivity index is 1.55. The minimum atomic E-state index is -1.06. The third kappa shape index (κ3) is 26.4. The minimum absolute atomic E-state index is 0.00143. The fraction of sp³-hybridized carbons (Fsp3) is 0.697. The number of carbonyl (C=O) groups excluding carboxylic acids is 8. The van der Waals surface area contributed by atoms with Gasteiger partial charge in [0.15, 0.2) is 0 Å². The zero-order valence-electron chi connectivity index (χ0n) is 57.4. The van der Waals surface area contributed by atoms with Crippen LogP contribution in [0, 0.1) is 29.6 Å². The van der Waals surface area contributed by atoms with Gasteiger partial charge < -0.3 is 74.6 Å². The Hall–Kier alpha value is -6.97. The predicted octanol–water partition coefficient (Wildman–Crippen LogP) is 5.93. The molecule has 27 nitrogen and oxygen atoms in total. The summed E-state index contributed by atoms with van der Waals surface area (Å²) in [6, 6.07) is 9.93. The first-order chi connectivity index (χ1) is 44.2. The first-order valence-electron chi connectivity index (χ1n) is 32.4. The highest BCUT2D eigenvalue weighted by Crippen LogP contribution is 2.30. The highest BCUT2D eigenvalue weighted by atomic mass is 16.6. The molecule has 1 heterocycles. The summed E-state index contributed by atoms with van der Waals surface area (Å²) in [5.74, 6) is -4.96. The Bertz CT molecular complexity index is 2670. The zero-order valence-corrected chi connectivity index (χ0v) is 57.4. The van der Waals surface area contributed by atoms with Gasteiger partial charge in [-0.3, -0.25) is 38.5 Å². The van der Waals surface area contributed by atoms with Crippen molar-refractivity contribution in [3.05, 3.63) is 76.2 Å². The second kappa shape index (κ2) is 42.4. The number of likely N-dealkylation sites (N-methyl/N-ethyl adjacent to an activating group) is 2. The van der Waals surface area contributed by atoms with Crippen LogP contribution >= 0.6 is 0 Å². The Morgan fingerprint density at radius 2 is 1.28 bits per heavy atom. The van der Waals surface area contributed by atoms with Crippen molar-refractivity contribution < 1.29 is 76.6 Å². The van der Waals surface area contributed by atoms with Gasteiger partial charge in [0.1, 0.15) is 30.8 Å². The number of anilines is 1. The second-order valence-electron chi connectivity index (χ2n) is 24.7. The van der Waals surface area contributed by atoms with Crippen molar-refractivity contribution in [1.82, 2.24) is 36.0 Å². The second-order valence-corrected chi connectivity index (χ2v) is 24.7. The van der Waals surface area contributed by atoms with Crippen LogP contribution in [0.1, 0.15) is 125 Å². The monoisotopic (exact) mass is 1310 g/mol. The third-order valence-electron chi connectivity index (χ3n) is 16.7. The standard InChI is InChI=1S/C66H107N11O16/c1-16-44(8)58(52(87-14)39-54(79)77-30-20-23-51(77)60(88-15)45(9)61(81)69-46(10)59(80)49-21-18-17-19-22-49)75(12)65(85)56(42(4)5)73-64(84)57(43(6)7)76(13)66(86)93-40-48-24-26-50(27-25-48)71-62(82)47(11)70-63(83)55(41(2)3)72-53(78)28-31-89-33-35-91-37-38-92-36-34-90-32-29-68-74-67/h17-19,21-22,24-27,41-47,51-52,55-60,80H,16,20,23,28-40H2,1-15H3,(H,69,81)(H,70,83)(H,71,82)(H,72,78)(H,73,84)/t44-,45+,46+,47-,51-,52?,55-,56-,57-,58-,59+,60+/m0/s1. The number of benzene rings is 2. The van der Waals surface area contributed by atoms with E-state index in [9.17, 15) is 43.5 Å². The lowest BCUT2D eigenvalue weighted by Gasteiger charge is -2.41. The summed E-state index contributed by atoms with van der Waals surface area (Å²) >= 11 is 0. The molecule has 27 heteroatoms. The molecule has 1 fully saturated rings. The maximum absolute atomic E-state index is 14.8. The Morgan fingerprint density at radius 1 is 0.688 bits per heavy atom. The fourth-order valence-corrected chi connectivity index (χ4v) is 11.1. The molecule has 3 rings (SSSR count). The molecule has 0 aromatic heterocycles. The smallest absolute Gasteiger partial charge is 0.410 e. The molecule has 93 heavy (non-hydrogen) atoms. The van der Waals surface area contributed by atoms with E-state index in [-0.39, 0.29) is 62.9 Å². The van der Waals surface area contributed by atoms with Gasteiger partial charge in [0.05, 0.1) is 102 Å². The third-order valence-corrected chi connectivity index (χ3v) is 16.7. The number of ether oxygens (including phenoxy) is 7. The number of hydrogen-bond acceptors (Lipinski definition) is 17. The van der Waals surface area contributed by atoms with Crippen LogP contribution in [0.4, 0.5) is 10.5 Å². The number of carbonyl (C=O) groups is 8. The van der Waals surface area contributed by atoms with Gasteiger partial charge in [0.2, 0.25) is 41.4 Å². The SMILES string of the molecule is CC[C@H](C)[C@@H](C(CC(=O)N1CCC[C@H]1[C@H](OC)[C@@H](C)C(=O)N[C@H](C)[C@@H](O)c1ccccc1)OC)N(C)C(=O)[C@@H](NC(=O)[C@H](C(C)C)N(C)C(=O)OCc1ccc(NC(=O)[C@H](C)NC(=O)[C@@H](NC(=O)CCOCCOCCOCCOCCN=[N+]=[N-])C(C)C)cc1)C(C)C. The highest BCUT2D eigenvalue weighted by molar-refractivity contribution is 5.98.